The van der Waals surface area contributed by atoms with Crippen molar-refractivity contribution in [2.75, 3.05) is 11.9 Å². The Morgan fingerprint density at radius 2 is 2.29 bits per heavy atom. The maximum atomic E-state index is 8.86. The van der Waals surface area contributed by atoms with Crippen molar-refractivity contribution in [2.45, 2.75) is 13.5 Å². The highest BCUT2D eigenvalue weighted by Gasteiger charge is 2.05. The topological polar surface area (TPSA) is 39.9 Å². The molecule has 2 rings (SSSR count). The summed E-state index contributed by atoms with van der Waals surface area (Å²) in [6.07, 6.45) is 0. The number of nitriles is 1. The summed E-state index contributed by atoms with van der Waals surface area (Å²) in [6.45, 7) is 2.77. The van der Waals surface area contributed by atoms with Crippen molar-refractivity contribution >= 4 is 17.0 Å². The molecule has 0 aliphatic carbocycles. The molecule has 2 aromatic rings. The smallest absolute Gasteiger partial charge is 0.0992 e. The Morgan fingerprint density at radius 1 is 1.47 bits per heavy atom. The molecule has 4 heteroatoms. The molecule has 0 bridgehead atoms. The average molecular weight is 243 g/mol. The summed E-state index contributed by atoms with van der Waals surface area (Å²) < 4.78 is 0. The SMILES string of the molecule is Cc1nc(CN(C)c2cccc(C#N)c2)cs1. The zero-order chi connectivity index (χ0) is 12.3. The van der Waals surface area contributed by atoms with Crippen LogP contribution in [0.1, 0.15) is 16.3 Å². The van der Waals surface area contributed by atoms with Crippen molar-refractivity contribution in [3.63, 3.8) is 0 Å². The lowest BCUT2D eigenvalue weighted by molar-refractivity contribution is 0.890. The first kappa shape index (κ1) is 11.6. The molecule has 0 saturated heterocycles. The normalized spacial score (nSPS) is 9.94. The van der Waals surface area contributed by atoms with E-state index in [1.165, 1.54) is 0 Å². The monoisotopic (exact) mass is 243 g/mol. The number of aromatic nitrogens is 1. The zero-order valence-electron chi connectivity index (χ0n) is 9.84. The van der Waals surface area contributed by atoms with Gasteiger partial charge in [-0.05, 0) is 25.1 Å². The summed E-state index contributed by atoms with van der Waals surface area (Å²) in [4.78, 5) is 6.52. The van der Waals surface area contributed by atoms with E-state index in [1.54, 1.807) is 11.3 Å². The lowest BCUT2D eigenvalue weighted by atomic mass is 10.2. The van der Waals surface area contributed by atoms with Crippen molar-refractivity contribution < 1.29 is 0 Å². The predicted octanol–water partition coefficient (Wildman–Crippen LogP) is 2.96. The second kappa shape index (κ2) is 4.98. The van der Waals surface area contributed by atoms with Crippen LogP contribution in [0.15, 0.2) is 29.6 Å². The Morgan fingerprint density at radius 3 is 2.94 bits per heavy atom. The summed E-state index contributed by atoms with van der Waals surface area (Å²) >= 11 is 1.66. The first-order valence-corrected chi connectivity index (χ1v) is 6.19. The van der Waals surface area contributed by atoms with E-state index in [0.717, 1.165) is 22.9 Å². The number of rotatable bonds is 3. The van der Waals surface area contributed by atoms with E-state index in [1.807, 2.05) is 38.2 Å². The zero-order valence-corrected chi connectivity index (χ0v) is 10.7. The van der Waals surface area contributed by atoms with Crippen LogP contribution in [0.5, 0.6) is 0 Å². The second-order valence-electron chi connectivity index (χ2n) is 3.88. The number of anilines is 1. The number of benzene rings is 1. The first-order chi connectivity index (χ1) is 8.19. The quantitative estimate of drug-likeness (QED) is 0.832. The Labute approximate surface area is 105 Å². The van der Waals surface area contributed by atoms with E-state index < -0.39 is 0 Å². The number of thiazole rings is 1. The maximum Gasteiger partial charge on any atom is 0.0992 e. The molecule has 1 aromatic carbocycles. The molecule has 0 saturated carbocycles. The number of hydrogen-bond acceptors (Lipinski definition) is 4. The van der Waals surface area contributed by atoms with E-state index in [0.29, 0.717) is 5.56 Å². The highest BCUT2D eigenvalue weighted by molar-refractivity contribution is 7.09. The molecule has 0 aliphatic heterocycles. The molecule has 0 fully saturated rings. The van der Waals surface area contributed by atoms with Crippen LogP contribution < -0.4 is 4.90 Å². The van der Waals surface area contributed by atoms with Crippen LogP contribution in [0.3, 0.4) is 0 Å². The maximum absolute atomic E-state index is 8.86. The largest absolute Gasteiger partial charge is 0.369 e. The molecule has 0 unspecified atom stereocenters. The Hall–Kier alpha value is -1.86. The number of hydrogen-bond donors (Lipinski definition) is 0. The molecule has 0 aliphatic rings. The van der Waals surface area contributed by atoms with Gasteiger partial charge in [0.05, 0.1) is 28.9 Å². The van der Waals surface area contributed by atoms with Gasteiger partial charge in [-0.1, -0.05) is 6.07 Å². The van der Waals surface area contributed by atoms with Gasteiger partial charge in [0, 0.05) is 18.1 Å². The van der Waals surface area contributed by atoms with Gasteiger partial charge >= 0.3 is 0 Å². The minimum absolute atomic E-state index is 0.684. The van der Waals surface area contributed by atoms with E-state index >= 15 is 0 Å². The van der Waals surface area contributed by atoms with Crippen LogP contribution in [0.4, 0.5) is 5.69 Å². The Bertz CT molecular complexity index is 554. The van der Waals surface area contributed by atoms with Gasteiger partial charge in [-0.15, -0.1) is 11.3 Å². The van der Waals surface area contributed by atoms with Crippen molar-refractivity contribution in [1.82, 2.24) is 4.98 Å². The first-order valence-electron chi connectivity index (χ1n) is 5.31. The van der Waals surface area contributed by atoms with Crippen molar-refractivity contribution in [2.24, 2.45) is 0 Å². The van der Waals surface area contributed by atoms with Gasteiger partial charge in [0.1, 0.15) is 0 Å². The van der Waals surface area contributed by atoms with Gasteiger partial charge in [-0.25, -0.2) is 4.98 Å². The molecule has 0 amide bonds. The number of aryl methyl sites for hydroxylation is 1. The summed E-state index contributed by atoms with van der Waals surface area (Å²) in [6, 6.07) is 9.75. The van der Waals surface area contributed by atoms with Crippen molar-refractivity contribution in [3.05, 3.63) is 45.9 Å². The van der Waals surface area contributed by atoms with Gasteiger partial charge in [0.2, 0.25) is 0 Å². The second-order valence-corrected chi connectivity index (χ2v) is 4.94. The van der Waals surface area contributed by atoms with Gasteiger partial charge in [-0.2, -0.15) is 5.26 Å². The van der Waals surface area contributed by atoms with Gasteiger partial charge in [0.25, 0.3) is 0 Å². The number of nitrogens with zero attached hydrogens (tertiary/aromatic N) is 3. The van der Waals surface area contributed by atoms with Gasteiger partial charge in [0.15, 0.2) is 0 Å². The Balaban J connectivity index is 2.14. The summed E-state index contributed by atoms with van der Waals surface area (Å²) in [7, 11) is 2.01. The molecular weight excluding hydrogens is 230 g/mol. The molecule has 17 heavy (non-hydrogen) atoms. The third kappa shape index (κ3) is 2.83. The highest BCUT2D eigenvalue weighted by Crippen LogP contribution is 2.17. The molecule has 1 heterocycles. The third-order valence-electron chi connectivity index (χ3n) is 2.48. The molecule has 0 N–H and O–H groups in total. The lowest BCUT2D eigenvalue weighted by Crippen LogP contribution is -2.16. The highest BCUT2D eigenvalue weighted by atomic mass is 32.1. The van der Waals surface area contributed by atoms with Gasteiger partial charge < -0.3 is 4.90 Å². The molecule has 0 atom stereocenters. The minimum Gasteiger partial charge on any atom is -0.369 e. The fraction of sp³-hybridized carbons (Fsp3) is 0.231. The fourth-order valence-electron chi connectivity index (χ4n) is 1.63. The van der Waals surface area contributed by atoms with E-state index in [9.17, 15) is 0 Å². The summed E-state index contributed by atoms with van der Waals surface area (Å²) in [5.74, 6) is 0. The third-order valence-corrected chi connectivity index (χ3v) is 3.30. The van der Waals surface area contributed by atoms with Crippen molar-refractivity contribution in [3.8, 4) is 6.07 Å². The molecule has 3 nitrogen and oxygen atoms in total. The van der Waals surface area contributed by atoms with Gasteiger partial charge in [-0.3, -0.25) is 0 Å². The Kier molecular flexibility index (Phi) is 3.40. The summed E-state index contributed by atoms with van der Waals surface area (Å²) in [5.41, 5.74) is 2.79. The van der Waals surface area contributed by atoms with Crippen LogP contribution >= 0.6 is 11.3 Å². The summed E-state index contributed by atoms with van der Waals surface area (Å²) in [5, 5.41) is 12.0. The van der Waals surface area contributed by atoms with E-state index in [2.05, 4.69) is 21.3 Å². The lowest BCUT2D eigenvalue weighted by Gasteiger charge is -2.18. The van der Waals surface area contributed by atoms with Crippen LogP contribution in [0.25, 0.3) is 0 Å². The van der Waals surface area contributed by atoms with Crippen LogP contribution in [0.2, 0.25) is 0 Å². The molecule has 0 radical (unpaired) electrons. The fourth-order valence-corrected chi connectivity index (χ4v) is 2.23. The molecule has 1 aromatic heterocycles. The van der Waals surface area contributed by atoms with Crippen LogP contribution in [-0.2, 0) is 6.54 Å². The molecular formula is C13H13N3S. The predicted molar refractivity (Wildman–Crippen MR) is 70.1 cm³/mol. The molecule has 86 valence electrons. The van der Waals surface area contributed by atoms with Crippen molar-refractivity contribution in [1.29, 1.82) is 5.26 Å². The van der Waals surface area contributed by atoms with Crippen LogP contribution in [0, 0.1) is 18.3 Å². The van der Waals surface area contributed by atoms with E-state index in [-0.39, 0.29) is 0 Å². The van der Waals surface area contributed by atoms with Crippen LogP contribution in [-0.4, -0.2) is 12.0 Å². The minimum atomic E-state index is 0.684. The average Bonchev–Trinajstić information content (AvgIpc) is 2.75. The standard InChI is InChI=1S/C13H13N3S/c1-10-15-12(9-17-10)8-16(2)13-5-3-4-11(6-13)7-14/h3-6,9H,8H2,1-2H3. The van der Waals surface area contributed by atoms with E-state index in [4.69, 9.17) is 5.26 Å². The molecule has 0 spiro atoms.